The van der Waals surface area contributed by atoms with Crippen molar-refractivity contribution in [2.45, 2.75) is 65.0 Å². The fourth-order valence-corrected chi connectivity index (χ4v) is 6.55. The van der Waals surface area contributed by atoms with Gasteiger partial charge in [0.1, 0.15) is 23.7 Å². The van der Waals surface area contributed by atoms with Crippen LogP contribution in [-0.2, 0) is 29.7 Å². The van der Waals surface area contributed by atoms with E-state index in [1.165, 1.54) is 7.05 Å². The van der Waals surface area contributed by atoms with Crippen LogP contribution in [0.15, 0.2) is 12.1 Å². The zero-order chi connectivity index (χ0) is 27.1. The average molecular weight is 550 g/mol. The van der Waals surface area contributed by atoms with Crippen LogP contribution in [0.4, 0.5) is 8.78 Å². The molecule has 1 aliphatic carbocycles. The first kappa shape index (κ1) is 26.8. The maximum atomic E-state index is 13.9. The number of aromatic nitrogens is 3. The van der Waals surface area contributed by atoms with Gasteiger partial charge in [0.05, 0.1) is 6.04 Å². The van der Waals surface area contributed by atoms with Gasteiger partial charge in [0.25, 0.3) is 6.43 Å². The molecule has 0 spiro atoms. The van der Waals surface area contributed by atoms with E-state index < -0.39 is 12.5 Å². The van der Waals surface area contributed by atoms with Gasteiger partial charge in [-0.25, -0.2) is 13.5 Å². The minimum Gasteiger partial charge on any atom is -0.487 e. The van der Waals surface area contributed by atoms with E-state index in [9.17, 15) is 18.4 Å². The molecule has 2 amide bonds. The molecule has 4 atom stereocenters. The fourth-order valence-electron chi connectivity index (χ4n) is 6.29. The van der Waals surface area contributed by atoms with Crippen molar-refractivity contribution in [1.29, 1.82) is 0 Å². The van der Waals surface area contributed by atoms with Crippen molar-refractivity contribution >= 4 is 23.4 Å². The Bertz CT molecular complexity index is 1220. The number of halogens is 3. The van der Waals surface area contributed by atoms with E-state index in [0.717, 1.165) is 41.5 Å². The molecule has 1 aromatic carbocycles. The highest BCUT2D eigenvalue weighted by Crippen LogP contribution is 2.43. The van der Waals surface area contributed by atoms with Gasteiger partial charge in [-0.3, -0.25) is 9.59 Å². The number of alkyl halides is 2. The number of benzene rings is 1. The molecule has 0 radical (unpaired) electrons. The molecule has 206 valence electrons. The molecule has 11 heteroatoms. The van der Waals surface area contributed by atoms with Crippen LogP contribution in [0.25, 0.3) is 0 Å². The summed E-state index contributed by atoms with van der Waals surface area (Å²) >= 11 is 6.65. The lowest BCUT2D eigenvalue weighted by atomic mass is 9.88. The van der Waals surface area contributed by atoms with Gasteiger partial charge in [0.15, 0.2) is 0 Å². The lowest BCUT2D eigenvalue weighted by Crippen LogP contribution is -2.48. The van der Waals surface area contributed by atoms with E-state index in [0.29, 0.717) is 42.7 Å². The number of aryl methyl sites for hydroxylation is 1. The first-order chi connectivity index (χ1) is 18.2. The third-order valence-electron chi connectivity index (χ3n) is 8.51. The number of rotatable bonds is 7. The summed E-state index contributed by atoms with van der Waals surface area (Å²) in [4.78, 5) is 30.5. The maximum absolute atomic E-state index is 13.9. The van der Waals surface area contributed by atoms with Gasteiger partial charge in [-0.2, -0.15) is 0 Å². The highest BCUT2D eigenvalue weighted by atomic mass is 35.5. The average Bonchev–Trinajstić information content (AvgIpc) is 3.58. The van der Waals surface area contributed by atoms with Gasteiger partial charge >= 0.3 is 0 Å². The second kappa shape index (κ2) is 10.8. The molecule has 3 aliphatic rings. The molecule has 0 unspecified atom stereocenters. The number of carbonyl (C=O) groups is 2. The molecule has 0 N–H and O–H groups in total. The maximum Gasteiger partial charge on any atom is 0.282 e. The number of carbonyl (C=O) groups excluding carboxylic acids is 2. The third kappa shape index (κ3) is 4.87. The lowest BCUT2D eigenvalue weighted by molar-refractivity contribution is -0.142. The van der Waals surface area contributed by atoms with Crippen LogP contribution in [0.3, 0.4) is 0 Å². The highest BCUT2D eigenvalue weighted by Gasteiger charge is 2.42. The minimum absolute atomic E-state index is 0.0508. The summed E-state index contributed by atoms with van der Waals surface area (Å²) in [6, 6.07) is 3.00. The molecule has 1 saturated carbocycles. The number of ether oxygens (including phenoxy) is 1. The summed E-state index contributed by atoms with van der Waals surface area (Å²) in [5, 5.41) is 8.16. The normalized spacial score (nSPS) is 25.4. The Morgan fingerprint density at radius 1 is 1.21 bits per heavy atom. The minimum atomic E-state index is -2.75. The fraction of sp³-hybridized carbons (Fsp3) is 0.630. The molecule has 2 aromatic rings. The Morgan fingerprint density at radius 2 is 2.00 bits per heavy atom. The third-order valence-corrected chi connectivity index (χ3v) is 8.86. The molecule has 8 nitrogen and oxygen atoms in total. The first-order valence-corrected chi connectivity index (χ1v) is 13.7. The van der Waals surface area contributed by atoms with Crippen molar-refractivity contribution in [2.75, 3.05) is 19.6 Å². The molecule has 2 aliphatic heterocycles. The van der Waals surface area contributed by atoms with Crippen LogP contribution in [0.5, 0.6) is 5.75 Å². The molecular formula is C27H34ClF2N5O3. The van der Waals surface area contributed by atoms with Gasteiger partial charge < -0.3 is 14.5 Å². The van der Waals surface area contributed by atoms with Crippen LogP contribution in [0.1, 0.15) is 74.5 Å². The number of fused-ring (bicyclic) bond motifs is 1. The van der Waals surface area contributed by atoms with Gasteiger partial charge in [0.2, 0.25) is 11.8 Å². The van der Waals surface area contributed by atoms with Crippen molar-refractivity contribution in [1.82, 2.24) is 24.8 Å². The topological polar surface area (TPSA) is 80.6 Å². The van der Waals surface area contributed by atoms with Crippen LogP contribution < -0.4 is 4.74 Å². The molecule has 3 heterocycles. The molecule has 2 fully saturated rings. The quantitative estimate of drug-likeness (QED) is 0.499. The van der Waals surface area contributed by atoms with Gasteiger partial charge in [0, 0.05) is 49.1 Å². The Morgan fingerprint density at radius 3 is 2.66 bits per heavy atom. The van der Waals surface area contributed by atoms with Gasteiger partial charge in [-0.1, -0.05) is 37.1 Å². The monoisotopic (exact) mass is 549 g/mol. The Hall–Kier alpha value is -2.75. The van der Waals surface area contributed by atoms with Gasteiger partial charge in [-0.05, 0) is 49.3 Å². The van der Waals surface area contributed by atoms with E-state index in [4.69, 9.17) is 16.3 Å². The molecule has 5 rings (SSSR count). The second-order valence-corrected chi connectivity index (χ2v) is 11.3. The Labute approximate surface area is 226 Å². The number of amides is 2. The summed E-state index contributed by atoms with van der Waals surface area (Å²) in [5.41, 5.74) is 1.37. The van der Waals surface area contributed by atoms with Gasteiger partial charge in [-0.15, -0.1) is 5.10 Å². The molecule has 1 aromatic heterocycles. The first-order valence-electron chi connectivity index (χ1n) is 13.4. The van der Waals surface area contributed by atoms with Crippen LogP contribution in [0.2, 0.25) is 5.02 Å². The zero-order valence-electron chi connectivity index (χ0n) is 22.0. The van der Waals surface area contributed by atoms with Crippen molar-refractivity contribution < 1.29 is 23.1 Å². The zero-order valence-corrected chi connectivity index (χ0v) is 22.8. The second-order valence-electron chi connectivity index (χ2n) is 10.9. The summed E-state index contributed by atoms with van der Waals surface area (Å²) in [6.07, 6.45) is 1.49. The smallest absolute Gasteiger partial charge is 0.282 e. The van der Waals surface area contributed by atoms with Crippen molar-refractivity contribution in [2.24, 2.45) is 24.8 Å². The molecule has 0 bridgehead atoms. The van der Waals surface area contributed by atoms with Crippen molar-refractivity contribution in [3.63, 3.8) is 0 Å². The molecule has 38 heavy (non-hydrogen) atoms. The summed E-state index contributed by atoms with van der Waals surface area (Å²) in [7, 11) is 1.42. The Kier molecular flexibility index (Phi) is 7.62. The lowest BCUT2D eigenvalue weighted by Gasteiger charge is -2.42. The van der Waals surface area contributed by atoms with Crippen LogP contribution in [0, 0.1) is 17.8 Å². The predicted octanol–water partition coefficient (Wildman–Crippen LogP) is 4.72. The van der Waals surface area contributed by atoms with Crippen LogP contribution in [-0.4, -0.2) is 56.2 Å². The van der Waals surface area contributed by atoms with E-state index in [1.54, 1.807) is 12.1 Å². The standard InChI is InChI=1S/C27H34ClF2N5O3/c1-15-5-4-6-17(15)27(37)35-12-10-18-19(28)7-8-22(38-14-20-24(25(29)30)33(3)32-31-20)23(18)21(35)13-34-11-9-16(2)26(34)36/h7-8,15-17,21,25H,4-6,9-14H2,1-3H3/t15-,16+,17+,21+/m0/s1. The van der Waals surface area contributed by atoms with E-state index in [2.05, 4.69) is 17.2 Å². The predicted molar refractivity (Wildman–Crippen MR) is 137 cm³/mol. The number of nitrogens with zero attached hydrogens (tertiary/aromatic N) is 5. The number of hydrogen-bond donors (Lipinski definition) is 0. The molecule has 1 saturated heterocycles. The van der Waals surface area contributed by atoms with Crippen LogP contribution >= 0.6 is 11.6 Å². The van der Waals surface area contributed by atoms with Crippen molar-refractivity contribution in [3.8, 4) is 5.75 Å². The Balaban J connectivity index is 1.51. The summed E-state index contributed by atoms with van der Waals surface area (Å²) in [5.74, 6) is 0.824. The number of likely N-dealkylation sites (tertiary alicyclic amines) is 1. The SMILES string of the molecule is C[C@@H]1CCN(C[C@@H]2c3c(OCc4nnn(C)c4C(F)F)ccc(Cl)c3CCN2C(=O)[C@@H]2CCC[C@@H]2C)C1=O. The van der Waals surface area contributed by atoms with E-state index >= 15 is 0 Å². The molecular weight excluding hydrogens is 516 g/mol. The summed E-state index contributed by atoms with van der Waals surface area (Å²) in [6.45, 7) is 5.31. The highest BCUT2D eigenvalue weighted by molar-refractivity contribution is 6.31. The number of hydrogen-bond acceptors (Lipinski definition) is 5. The summed E-state index contributed by atoms with van der Waals surface area (Å²) < 4.78 is 34.4. The largest absolute Gasteiger partial charge is 0.487 e. The van der Waals surface area contributed by atoms with Crippen molar-refractivity contribution in [3.05, 3.63) is 39.7 Å². The van der Waals surface area contributed by atoms with E-state index in [-0.39, 0.29) is 41.6 Å². The van der Waals surface area contributed by atoms with E-state index in [1.807, 2.05) is 16.7 Å².